The molecule has 0 radical (unpaired) electrons. The van der Waals surface area contributed by atoms with Crippen molar-refractivity contribution in [3.8, 4) is 0 Å². The Morgan fingerprint density at radius 2 is 1.78 bits per heavy atom. The van der Waals surface area contributed by atoms with Crippen molar-refractivity contribution < 1.29 is 5.11 Å². The maximum absolute atomic E-state index is 9.89. The van der Waals surface area contributed by atoms with Gasteiger partial charge in [0.15, 0.2) is 0 Å². The van der Waals surface area contributed by atoms with Crippen molar-refractivity contribution in [2.24, 2.45) is 0 Å². The van der Waals surface area contributed by atoms with E-state index in [1.54, 1.807) is 11.3 Å². The minimum Gasteiger partial charge on any atom is -0.393 e. The Morgan fingerprint density at radius 1 is 1.06 bits per heavy atom. The van der Waals surface area contributed by atoms with E-state index in [-0.39, 0.29) is 6.10 Å². The van der Waals surface area contributed by atoms with E-state index in [9.17, 15) is 5.11 Å². The van der Waals surface area contributed by atoms with Crippen LogP contribution in [-0.4, -0.2) is 11.2 Å². The van der Waals surface area contributed by atoms with Gasteiger partial charge >= 0.3 is 0 Å². The Hall–Kier alpha value is -0.340. The number of aryl methyl sites for hydroxylation is 1. The number of hydrogen-bond donors (Lipinski definition) is 1. The van der Waals surface area contributed by atoms with Gasteiger partial charge in [0.25, 0.3) is 0 Å². The van der Waals surface area contributed by atoms with E-state index in [1.807, 2.05) is 0 Å². The highest BCUT2D eigenvalue weighted by molar-refractivity contribution is 7.09. The van der Waals surface area contributed by atoms with Gasteiger partial charge in [0.2, 0.25) is 0 Å². The lowest BCUT2D eigenvalue weighted by Crippen LogP contribution is -2.07. The monoisotopic (exact) mass is 268 g/mol. The lowest BCUT2D eigenvalue weighted by atomic mass is 10.0. The maximum Gasteiger partial charge on any atom is 0.0543 e. The van der Waals surface area contributed by atoms with Crippen LogP contribution in [0.3, 0.4) is 0 Å². The smallest absolute Gasteiger partial charge is 0.0543 e. The van der Waals surface area contributed by atoms with Gasteiger partial charge in [0.05, 0.1) is 6.10 Å². The van der Waals surface area contributed by atoms with Crippen LogP contribution < -0.4 is 0 Å². The van der Waals surface area contributed by atoms with E-state index in [4.69, 9.17) is 0 Å². The zero-order valence-corrected chi connectivity index (χ0v) is 12.6. The highest BCUT2D eigenvalue weighted by atomic mass is 32.1. The molecule has 0 amide bonds. The normalized spacial score (nSPS) is 12.8. The lowest BCUT2D eigenvalue weighted by Gasteiger charge is -2.09. The Bertz CT molecular complexity index is 269. The van der Waals surface area contributed by atoms with Crippen molar-refractivity contribution in [3.05, 3.63) is 22.4 Å². The van der Waals surface area contributed by atoms with Gasteiger partial charge in [0.1, 0.15) is 0 Å². The largest absolute Gasteiger partial charge is 0.393 e. The minimum absolute atomic E-state index is 0.0947. The van der Waals surface area contributed by atoms with Gasteiger partial charge in [-0.1, -0.05) is 57.9 Å². The lowest BCUT2D eigenvalue weighted by molar-refractivity contribution is 0.151. The molecule has 1 aromatic rings. The SMILES string of the molecule is CCCCCCCCCC(O)CCc1cccs1. The molecule has 0 aliphatic rings. The van der Waals surface area contributed by atoms with Gasteiger partial charge in [0, 0.05) is 4.88 Å². The van der Waals surface area contributed by atoms with Crippen molar-refractivity contribution >= 4 is 11.3 Å². The van der Waals surface area contributed by atoms with Crippen LogP contribution in [0.15, 0.2) is 17.5 Å². The third kappa shape index (κ3) is 7.88. The number of rotatable bonds is 11. The minimum atomic E-state index is -0.0947. The van der Waals surface area contributed by atoms with Gasteiger partial charge in [-0.25, -0.2) is 0 Å². The second-order valence-electron chi connectivity index (χ2n) is 5.18. The molecule has 1 atom stereocenters. The first-order valence-electron chi connectivity index (χ1n) is 7.53. The van der Waals surface area contributed by atoms with Gasteiger partial charge in [-0.05, 0) is 30.7 Å². The summed E-state index contributed by atoms with van der Waals surface area (Å²) in [6, 6.07) is 4.24. The highest BCUT2D eigenvalue weighted by Crippen LogP contribution is 2.15. The molecule has 0 saturated carbocycles. The first-order chi connectivity index (χ1) is 8.83. The van der Waals surface area contributed by atoms with Crippen LogP contribution in [0.1, 0.15) is 69.6 Å². The van der Waals surface area contributed by atoms with Crippen molar-refractivity contribution in [1.82, 2.24) is 0 Å². The molecule has 1 unspecified atom stereocenters. The molecule has 0 spiro atoms. The first kappa shape index (κ1) is 15.7. The summed E-state index contributed by atoms with van der Waals surface area (Å²) in [5.74, 6) is 0. The predicted molar refractivity (Wildman–Crippen MR) is 81.3 cm³/mol. The van der Waals surface area contributed by atoms with E-state index in [0.717, 1.165) is 19.3 Å². The molecule has 1 heterocycles. The van der Waals surface area contributed by atoms with Crippen LogP contribution in [0.25, 0.3) is 0 Å². The number of aliphatic hydroxyl groups excluding tert-OH is 1. The summed E-state index contributed by atoms with van der Waals surface area (Å²) >= 11 is 1.79. The summed E-state index contributed by atoms with van der Waals surface area (Å²) < 4.78 is 0. The predicted octanol–water partition coefficient (Wildman–Crippen LogP) is 5.18. The van der Waals surface area contributed by atoms with Gasteiger partial charge in [-0.2, -0.15) is 0 Å². The van der Waals surface area contributed by atoms with Crippen LogP contribution in [-0.2, 0) is 6.42 Å². The topological polar surface area (TPSA) is 20.2 Å². The summed E-state index contributed by atoms with van der Waals surface area (Å²) in [5, 5.41) is 12.0. The summed E-state index contributed by atoms with van der Waals surface area (Å²) in [5.41, 5.74) is 0. The molecule has 1 nitrogen and oxygen atoms in total. The molecule has 0 aliphatic carbocycles. The summed E-state index contributed by atoms with van der Waals surface area (Å²) in [4.78, 5) is 1.40. The van der Waals surface area contributed by atoms with Crippen LogP contribution in [0.2, 0.25) is 0 Å². The third-order valence-corrected chi connectivity index (χ3v) is 4.38. The van der Waals surface area contributed by atoms with Crippen molar-refractivity contribution in [1.29, 1.82) is 0 Å². The molecule has 1 aromatic heterocycles. The molecule has 0 aromatic carbocycles. The number of aliphatic hydroxyl groups is 1. The average Bonchev–Trinajstić information content (AvgIpc) is 2.88. The Morgan fingerprint density at radius 3 is 2.44 bits per heavy atom. The molecular formula is C16H28OS. The van der Waals surface area contributed by atoms with Crippen molar-refractivity contribution in [2.45, 2.75) is 77.2 Å². The van der Waals surface area contributed by atoms with E-state index in [2.05, 4.69) is 24.4 Å². The van der Waals surface area contributed by atoms with Crippen LogP contribution in [0.4, 0.5) is 0 Å². The number of thiophene rings is 1. The molecular weight excluding hydrogens is 240 g/mol. The summed E-state index contributed by atoms with van der Waals surface area (Å²) in [7, 11) is 0. The van der Waals surface area contributed by atoms with E-state index < -0.39 is 0 Å². The molecule has 0 aliphatic heterocycles. The quantitative estimate of drug-likeness (QED) is 0.548. The van der Waals surface area contributed by atoms with Gasteiger partial charge < -0.3 is 5.11 Å². The number of hydrogen-bond acceptors (Lipinski definition) is 2. The second-order valence-corrected chi connectivity index (χ2v) is 6.21. The molecule has 18 heavy (non-hydrogen) atoms. The Balaban J connectivity index is 1.89. The highest BCUT2D eigenvalue weighted by Gasteiger charge is 2.04. The first-order valence-corrected chi connectivity index (χ1v) is 8.41. The fraction of sp³-hybridized carbons (Fsp3) is 0.750. The standard InChI is InChI=1S/C16H28OS/c1-2-3-4-5-6-7-8-10-15(17)12-13-16-11-9-14-18-16/h9,11,14-15,17H,2-8,10,12-13H2,1H3. The molecule has 0 saturated heterocycles. The molecule has 104 valence electrons. The zero-order chi connectivity index (χ0) is 13.1. The van der Waals surface area contributed by atoms with Gasteiger partial charge in [-0.15, -0.1) is 11.3 Å². The molecule has 1 rings (SSSR count). The van der Waals surface area contributed by atoms with Crippen LogP contribution in [0, 0.1) is 0 Å². The summed E-state index contributed by atoms with van der Waals surface area (Å²) in [6.07, 6.45) is 12.1. The van der Waals surface area contributed by atoms with Crippen molar-refractivity contribution in [3.63, 3.8) is 0 Å². The van der Waals surface area contributed by atoms with E-state index >= 15 is 0 Å². The zero-order valence-electron chi connectivity index (χ0n) is 11.7. The molecule has 0 fully saturated rings. The van der Waals surface area contributed by atoms with E-state index in [0.29, 0.717) is 0 Å². The van der Waals surface area contributed by atoms with Crippen LogP contribution in [0.5, 0.6) is 0 Å². The van der Waals surface area contributed by atoms with E-state index in [1.165, 1.54) is 49.8 Å². The van der Waals surface area contributed by atoms with Gasteiger partial charge in [-0.3, -0.25) is 0 Å². The third-order valence-electron chi connectivity index (χ3n) is 3.44. The molecule has 2 heteroatoms. The summed E-state index contributed by atoms with van der Waals surface area (Å²) in [6.45, 7) is 2.25. The molecule has 1 N–H and O–H groups in total. The van der Waals surface area contributed by atoms with Crippen molar-refractivity contribution in [2.75, 3.05) is 0 Å². The second kappa shape index (κ2) is 10.6. The fourth-order valence-corrected chi connectivity index (χ4v) is 2.97. The fourth-order valence-electron chi connectivity index (χ4n) is 2.25. The molecule has 0 bridgehead atoms. The Kier molecular flexibility index (Phi) is 9.23. The average molecular weight is 268 g/mol. The number of unbranched alkanes of at least 4 members (excludes halogenated alkanes) is 6. The Labute approximate surface area is 116 Å². The van der Waals surface area contributed by atoms with Crippen LogP contribution >= 0.6 is 11.3 Å². The maximum atomic E-state index is 9.89.